The van der Waals surface area contributed by atoms with Crippen LogP contribution in [0.25, 0.3) is 0 Å². The second kappa shape index (κ2) is 7.42. The van der Waals surface area contributed by atoms with Crippen molar-refractivity contribution >= 4 is 23.5 Å². The summed E-state index contributed by atoms with van der Waals surface area (Å²) < 4.78 is 0. The number of rotatable bonds is 5. The summed E-state index contributed by atoms with van der Waals surface area (Å²) in [5.41, 5.74) is 1.33. The number of hydrogen-bond donors (Lipinski definition) is 0. The van der Waals surface area contributed by atoms with Crippen LogP contribution < -0.4 is 0 Å². The molecular formula is C18H18N2O2S. The second-order valence-corrected chi connectivity index (χ2v) is 6.46. The monoisotopic (exact) mass is 326 g/mol. The molecule has 0 N–H and O–H groups in total. The summed E-state index contributed by atoms with van der Waals surface area (Å²) in [4.78, 5) is 30.5. The highest BCUT2D eigenvalue weighted by molar-refractivity contribution is 7.99. The first-order valence-corrected chi connectivity index (χ1v) is 8.69. The van der Waals surface area contributed by atoms with E-state index >= 15 is 0 Å². The van der Waals surface area contributed by atoms with Crippen molar-refractivity contribution in [1.29, 1.82) is 0 Å². The summed E-state index contributed by atoms with van der Waals surface area (Å²) >= 11 is 1.39. The molecule has 1 aliphatic rings. The molecule has 1 fully saturated rings. The fraction of sp³-hybridized carbons (Fsp3) is 0.278. The number of carbonyl (C=O) groups is 2. The summed E-state index contributed by atoms with van der Waals surface area (Å²) in [5.74, 6) is 0.470. The van der Waals surface area contributed by atoms with Gasteiger partial charge in [-0.3, -0.25) is 9.59 Å². The van der Waals surface area contributed by atoms with Crippen LogP contribution in [-0.2, 0) is 0 Å². The number of nitrogens with zero attached hydrogens (tertiary/aromatic N) is 2. The van der Waals surface area contributed by atoms with Crippen LogP contribution in [-0.4, -0.2) is 40.4 Å². The Bertz CT molecular complexity index is 680. The third-order valence-electron chi connectivity index (χ3n) is 3.82. The van der Waals surface area contributed by atoms with E-state index in [2.05, 4.69) is 4.98 Å². The van der Waals surface area contributed by atoms with E-state index in [1.165, 1.54) is 11.8 Å². The molecule has 118 valence electrons. The molecule has 0 spiro atoms. The van der Waals surface area contributed by atoms with Crippen LogP contribution >= 0.6 is 11.8 Å². The molecule has 0 aliphatic carbocycles. The molecule has 1 aliphatic heterocycles. The van der Waals surface area contributed by atoms with E-state index < -0.39 is 0 Å². The van der Waals surface area contributed by atoms with E-state index in [1.54, 1.807) is 12.3 Å². The third kappa shape index (κ3) is 3.99. The van der Waals surface area contributed by atoms with E-state index in [4.69, 9.17) is 0 Å². The number of hydrogen-bond acceptors (Lipinski definition) is 4. The normalized spacial score (nSPS) is 14.0. The second-order valence-electron chi connectivity index (χ2n) is 5.46. The number of likely N-dealkylation sites (tertiary alicyclic amines) is 1. The molecule has 4 nitrogen and oxygen atoms in total. The van der Waals surface area contributed by atoms with E-state index in [0.29, 0.717) is 16.9 Å². The maximum Gasteiger partial charge on any atom is 0.255 e. The predicted octanol–water partition coefficient (Wildman–Crippen LogP) is 3.29. The standard InChI is InChI=1S/C18H18N2O2S/c21-16(14-6-2-1-3-7-14)13-23-17-9-8-15(12-19-17)18(22)20-10-4-5-11-20/h1-3,6-9,12H,4-5,10-11,13H2. The number of pyridine rings is 1. The van der Waals surface area contributed by atoms with Gasteiger partial charge in [0.2, 0.25) is 0 Å². The van der Waals surface area contributed by atoms with E-state index in [1.807, 2.05) is 41.3 Å². The molecule has 0 atom stereocenters. The van der Waals surface area contributed by atoms with Crippen LogP contribution in [0.1, 0.15) is 33.6 Å². The van der Waals surface area contributed by atoms with Crippen LogP contribution in [0, 0.1) is 0 Å². The first-order chi connectivity index (χ1) is 11.2. The van der Waals surface area contributed by atoms with Gasteiger partial charge in [-0.15, -0.1) is 0 Å². The lowest BCUT2D eigenvalue weighted by atomic mass is 10.2. The molecule has 1 amide bonds. The van der Waals surface area contributed by atoms with Crippen molar-refractivity contribution < 1.29 is 9.59 Å². The SMILES string of the molecule is O=C(CSc1ccc(C(=O)N2CCCC2)cn1)c1ccccc1. The number of thioether (sulfide) groups is 1. The summed E-state index contributed by atoms with van der Waals surface area (Å²) in [6.07, 6.45) is 3.76. The molecular weight excluding hydrogens is 308 g/mol. The Morgan fingerprint density at radius 3 is 2.39 bits per heavy atom. The smallest absolute Gasteiger partial charge is 0.255 e. The maximum absolute atomic E-state index is 12.2. The van der Waals surface area contributed by atoms with Crippen molar-refractivity contribution in [3.05, 3.63) is 59.8 Å². The molecule has 0 bridgehead atoms. The number of carbonyl (C=O) groups excluding carboxylic acids is 2. The van der Waals surface area contributed by atoms with Crippen molar-refractivity contribution in [1.82, 2.24) is 9.88 Å². The van der Waals surface area contributed by atoms with Crippen molar-refractivity contribution in [3.8, 4) is 0 Å². The van der Waals surface area contributed by atoms with Crippen molar-refractivity contribution in [2.45, 2.75) is 17.9 Å². The van der Waals surface area contributed by atoms with Gasteiger partial charge in [-0.25, -0.2) is 4.98 Å². The van der Waals surface area contributed by atoms with Crippen LogP contribution in [0.2, 0.25) is 0 Å². The van der Waals surface area contributed by atoms with Crippen LogP contribution in [0.3, 0.4) is 0 Å². The maximum atomic E-state index is 12.2. The zero-order valence-electron chi connectivity index (χ0n) is 12.8. The van der Waals surface area contributed by atoms with Gasteiger partial charge in [0, 0.05) is 24.8 Å². The lowest BCUT2D eigenvalue weighted by molar-refractivity contribution is 0.0792. The largest absolute Gasteiger partial charge is 0.339 e. The summed E-state index contributed by atoms with van der Waals surface area (Å²) in [5, 5.41) is 0.757. The van der Waals surface area contributed by atoms with Gasteiger partial charge in [0.15, 0.2) is 5.78 Å². The Labute approximate surface area is 139 Å². The van der Waals surface area contributed by atoms with Gasteiger partial charge in [-0.05, 0) is 25.0 Å². The van der Waals surface area contributed by atoms with Crippen molar-refractivity contribution in [2.75, 3.05) is 18.8 Å². The van der Waals surface area contributed by atoms with Crippen molar-refractivity contribution in [3.63, 3.8) is 0 Å². The molecule has 3 rings (SSSR count). The molecule has 1 saturated heterocycles. The topological polar surface area (TPSA) is 50.3 Å². The number of amides is 1. The summed E-state index contributed by atoms with van der Waals surface area (Å²) in [6, 6.07) is 12.8. The average molecular weight is 326 g/mol. The zero-order chi connectivity index (χ0) is 16.1. The number of aromatic nitrogens is 1. The van der Waals surface area contributed by atoms with E-state index in [0.717, 1.165) is 31.0 Å². The minimum atomic E-state index is 0.0481. The highest BCUT2D eigenvalue weighted by Crippen LogP contribution is 2.18. The first-order valence-electron chi connectivity index (χ1n) is 7.70. The molecule has 1 aromatic heterocycles. The summed E-state index contributed by atoms with van der Waals surface area (Å²) in [7, 11) is 0. The Balaban J connectivity index is 1.57. The Hall–Kier alpha value is -2.14. The fourth-order valence-corrected chi connectivity index (χ4v) is 3.28. The van der Waals surface area contributed by atoms with Gasteiger partial charge in [0.25, 0.3) is 5.91 Å². The molecule has 5 heteroatoms. The minimum Gasteiger partial charge on any atom is -0.339 e. The quantitative estimate of drug-likeness (QED) is 0.625. The van der Waals surface area contributed by atoms with Crippen LogP contribution in [0.15, 0.2) is 53.7 Å². The van der Waals surface area contributed by atoms with E-state index in [-0.39, 0.29) is 11.7 Å². The first kappa shape index (κ1) is 15.7. The molecule has 0 radical (unpaired) electrons. The minimum absolute atomic E-state index is 0.0481. The van der Waals surface area contributed by atoms with E-state index in [9.17, 15) is 9.59 Å². The van der Waals surface area contributed by atoms with Gasteiger partial charge in [-0.2, -0.15) is 0 Å². The lowest BCUT2D eigenvalue weighted by Gasteiger charge is -2.14. The number of benzene rings is 1. The zero-order valence-corrected chi connectivity index (χ0v) is 13.6. The van der Waals surface area contributed by atoms with Crippen molar-refractivity contribution in [2.24, 2.45) is 0 Å². The average Bonchev–Trinajstić information content (AvgIpc) is 3.15. The lowest BCUT2D eigenvalue weighted by Crippen LogP contribution is -2.27. The van der Waals surface area contributed by atoms with Gasteiger partial charge in [0.1, 0.15) is 0 Å². The van der Waals surface area contributed by atoms with Gasteiger partial charge < -0.3 is 4.90 Å². The highest BCUT2D eigenvalue weighted by Gasteiger charge is 2.19. The Morgan fingerprint density at radius 2 is 1.74 bits per heavy atom. The van der Waals surface area contributed by atoms with Crippen LogP contribution in [0.5, 0.6) is 0 Å². The fourth-order valence-electron chi connectivity index (χ4n) is 2.54. The molecule has 2 aromatic rings. The highest BCUT2D eigenvalue weighted by atomic mass is 32.2. The molecule has 1 aromatic carbocycles. The molecule has 0 unspecified atom stereocenters. The van der Waals surface area contributed by atoms with Crippen LogP contribution in [0.4, 0.5) is 0 Å². The molecule has 2 heterocycles. The summed E-state index contributed by atoms with van der Waals surface area (Å²) in [6.45, 7) is 1.67. The third-order valence-corrected chi connectivity index (χ3v) is 4.77. The molecule has 0 saturated carbocycles. The van der Waals surface area contributed by atoms with Gasteiger partial charge >= 0.3 is 0 Å². The molecule has 23 heavy (non-hydrogen) atoms. The van der Waals surface area contributed by atoms with Gasteiger partial charge in [-0.1, -0.05) is 42.1 Å². The Morgan fingerprint density at radius 1 is 1.00 bits per heavy atom. The Kier molecular flexibility index (Phi) is 5.08. The number of ketones is 1. The predicted molar refractivity (Wildman–Crippen MR) is 90.9 cm³/mol. The number of Topliss-reactive ketones (excluding diaryl/α,β-unsaturated/α-hetero) is 1. The van der Waals surface area contributed by atoms with Gasteiger partial charge in [0.05, 0.1) is 16.3 Å².